The van der Waals surface area contributed by atoms with Crippen LogP contribution in [0.1, 0.15) is 240 Å². The average Bonchev–Trinajstić information content (AvgIpc) is 3.59. The number of ketones is 1. The number of alkyl carbamates (subject to hydrolysis) is 1. The number of hydrogen-bond donors (Lipinski definition) is 2. The maximum absolute atomic E-state index is 12.8. The van der Waals surface area contributed by atoms with Crippen molar-refractivity contribution in [1.82, 2.24) is 10.6 Å². The fourth-order valence-electron chi connectivity index (χ4n) is 13.1. The van der Waals surface area contributed by atoms with Crippen LogP contribution in [0.25, 0.3) is 0 Å². The van der Waals surface area contributed by atoms with Crippen LogP contribution in [0.15, 0.2) is 12.2 Å². The lowest BCUT2D eigenvalue weighted by molar-refractivity contribution is -0.130. The highest BCUT2D eigenvalue weighted by atomic mass is 16.6. The summed E-state index contributed by atoms with van der Waals surface area (Å²) in [7, 11) is 0. The topological polar surface area (TPSA) is 84.5 Å². The molecule has 0 bridgehead atoms. The molecule has 4 aliphatic carbocycles. The van der Waals surface area contributed by atoms with Crippen molar-refractivity contribution in [2.45, 2.75) is 246 Å². The smallest absolute Gasteiger partial charge is 0.407 e. The van der Waals surface area contributed by atoms with Crippen molar-refractivity contribution < 1.29 is 19.1 Å². The summed E-state index contributed by atoms with van der Waals surface area (Å²) in [6, 6.07) is 0. The molecular formula is C53H94N2O4. The molecule has 0 aromatic heterocycles. The second-order valence-corrected chi connectivity index (χ2v) is 20.9. The van der Waals surface area contributed by atoms with E-state index in [1.165, 1.54) is 128 Å². The minimum absolute atomic E-state index is 0.0678. The predicted molar refractivity (Wildman–Crippen MR) is 247 cm³/mol. The Morgan fingerprint density at radius 2 is 1.22 bits per heavy atom. The van der Waals surface area contributed by atoms with Gasteiger partial charge in [0.15, 0.2) is 0 Å². The monoisotopic (exact) mass is 823 g/mol. The highest BCUT2D eigenvalue weighted by molar-refractivity contribution is 5.78. The van der Waals surface area contributed by atoms with Gasteiger partial charge in [-0.05, 0) is 162 Å². The van der Waals surface area contributed by atoms with E-state index in [1.54, 1.807) is 0 Å². The van der Waals surface area contributed by atoms with Crippen molar-refractivity contribution in [3.63, 3.8) is 0 Å². The quantitative estimate of drug-likeness (QED) is 0.0558. The van der Waals surface area contributed by atoms with Crippen LogP contribution in [0.2, 0.25) is 0 Å². The Bertz CT molecular complexity index is 1230. The largest absolute Gasteiger partial charge is 0.446 e. The molecule has 4 unspecified atom stereocenters. The van der Waals surface area contributed by atoms with E-state index in [9.17, 15) is 14.4 Å². The number of hydrogen-bond acceptors (Lipinski definition) is 4. The van der Waals surface area contributed by atoms with Gasteiger partial charge in [0.05, 0.1) is 0 Å². The maximum atomic E-state index is 12.8. The van der Waals surface area contributed by atoms with E-state index in [2.05, 4.69) is 57.4 Å². The number of ether oxygens (including phenoxy) is 1. The maximum Gasteiger partial charge on any atom is 0.407 e. The molecule has 0 aromatic carbocycles. The van der Waals surface area contributed by atoms with Crippen LogP contribution < -0.4 is 10.6 Å². The molecule has 9 atom stereocenters. The molecule has 4 saturated carbocycles. The molecule has 0 aliphatic heterocycles. The fraction of sp³-hybridized carbons (Fsp3) is 0.906. The zero-order valence-electron chi connectivity index (χ0n) is 39.4. The second kappa shape index (κ2) is 27.3. The Kier molecular flexibility index (Phi) is 23.0. The third kappa shape index (κ3) is 16.1. The van der Waals surface area contributed by atoms with E-state index >= 15 is 0 Å². The van der Waals surface area contributed by atoms with Gasteiger partial charge in [0, 0.05) is 32.4 Å². The summed E-state index contributed by atoms with van der Waals surface area (Å²) in [4.78, 5) is 37.5. The molecule has 0 radical (unpaired) electrons. The third-order valence-corrected chi connectivity index (χ3v) is 16.7. The lowest BCUT2D eigenvalue weighted by Gasteiger charge is -2.61. The molecule has 4 aliphatic rings. The number of nitrogens with one attached hydrogen (secondary N) is 2. The molecular weight excluding hydrogens is 729 g/mol. The number of Topliss-reactive ketones (excluding diaryl/α,β-unsaturated/α-hetero) is 1. The molecule has 59 heavy (non-hydrogen) atoms. The van der Waals surface area contributed by atoms with Crippen LogP contribution >= 0.6 is 0 Å². The van der Waals surface area contributed by atoms with Crippen molar-refractivity contribution >= 4 is 17.8 Å². The average molecular weight is 823 g/mol. The van der Waals surface area contributed by atoms with Crippen molar-refractivity contribution in [1.29, 1.82) is 0 Å². The molecule has 0 saturated heterocycles. The van der Waals surface area contributed by atoms with Crippen molar-refractivity contribution in [2.24, 2.45) is 46.3 Å². The highest BCUT2D eigenvalue weighted by Crippen LogP contribution is 2.68. The van der Waals surface area contributed by atoms with Crippen LogP contribution in [0, 0.1) is 46.3 Å². The van der Waals surface area contributed by atoms with Crippen molar-refractivity contribution in [3.8, 4) is 0 Å². The van der Waals surface area contributed by atoms with Gasteiger partial charge >= 0.3 is 6.09 Å². The molecule has 6 nitrogen and oxygen atoms in total. The Morgan fingerprint density at radius 3 is 1.93 bits per heavy atom. The fourth-order valence-corrected chi connectivity index (χ4v) is 13.1. The minimum atomic E-state index is -0.195. The van der Waals surface area contributed by atoms with E-state index in [0.29, 0.717) is 41.3 Å². The van der Waals surface area contributed by atoms with E-state index in [4.69, 9.17) is 4.74 Å². The first-order valence-electron chi connectivity index (χ1n) is 26.0. The summed E-state index contributed by atoms with van der Waals surface area (Å²) in [5.41, 5.74) is 0.772. The Morgan fingerprint density at radius 1 is 0.627 bits per heavy atom. The Balaban J connectivity index is 1.06. The van der Waals surface area contributed by atoms with Crippen LogP contribution in [0.4, 0.5) is 4.79 Å². The SMILES string of the molecule is CCCCCCCC/C=C\CCCCCCCCNC(=O)O[C@@H]1CC[C@@]2(C)C(CCC3C2CC[C@@]2(C)C3CC[C@@H]2[C@H](C)CCC(=O)NCCCCCC(=O)CCCC)C1. The molecule has 0 aromatic rings. The molecule has 0 spiro atoms. The van der Waals surface area contributed by atoms with Gasteiger partial charge in [-0.25, -0.2) is 4.79 Å². The summed E-state index contributed by atoms with van der Waals surface area (Å²) >= 11 is 0. The van der Waals surface area contributed by atoms with Gasteiger partial charge in [-0.3, -0.25) is 9.59 Å². The lowest BCUT2D eigenvalue weighted by Crippen LogP contribution is -2.54. The van der Waals surface area contributed by atoms with Crippen LogP contribution in [0.5, 0.6) is 0 Å². The first kappa shape index (κ1) is 49.8. The number of carbonyl (C=O) groups excluding carboxylic acids is 3. The molecule has 6 heteroatoms. The van der Waals surface area contributed by atoms with Crippen LogP contribution in [-0.4, -0.2) is 37.0 Å². The van der Waals surface area contributed by atoms with Gasteiger partial charge in [-0.2, -0.15) is 0 Å². The minimum Gasteiger partial charge on any atom is -0.446 e. The second-order valence-electron chi connectivity index (χ2n) is 20.9. The zero-order chi connectivity index (χ0) is 42.4. The molecule has 0 heterocycles. The molecule has 2 amide bonds. The summed E-state index contributed by atoms with van der Waals surface area (Å²) in [5.74, 6) is 5.01. The molecule has 4 fully saturated rings. The summed E-state index contributed by atoms with van der Waals surface area (Å²) in [6.45, 7) is 13.6. The van der Waals surface area contributed by atoms with E-state index in [-0.39, 0.29) is 18.1 Å². The summed E-state index contributed by atoms with van der Waals surface area (Å²) in [6.07, 6.45) is 42.2. The first-order chi connectivity index (χ1) is 28.6. The molecule has 340 valence electrons. The van der Waals surface area contributed by atoms with Gasteiger partial charge in [0.2, 0.25) is 5.91 Å². The normalized spacial score (nSPS) is 29.4. The zero-order valence-corrected chi connectivity index (χ0v) is 39.4. The molecule has 4 rings (SSSR count). The number of carbonyl (C=O) groups is 3. The number of unbranched alkanes of at least 4 members (excludes halogenated alkanes) is 15. The molecule has 2 N–H and O–H groups in total. The predicted octanol–water partition coefficient (Wildman–Crippen LogP) is 14.6. The highest BCUT2D eigenvalue weighted by Gasteiger charge is 2.60. The van der Waals surface area contributed by atoms with Gasteiger partial charge in [0.25, 0.3) is 0 Å². The van der Waals surface area contributed by atoms with E-state index < -0.39 is 0 Å². The van der Waals surface area contributed by atoms with Gasteiger partial charge in [0.1, 0.15) is 11.9 Å². The van der Waals surface area contributed by atoms with Crippen molar-refractivity contribution in [2.75, 3.05) is 13.1 Å². The first-order valence-corrected chi connectivity index (χ1v) is 26.0. The Labute approximate surface area is 364 Å². The van der Waals surface area contributed by atoms with E-state index in [0.717, 1.165) is 101 Å². The number of rotatable bonds is 30. The van der Waals surface area contributed by atoms with Gasteiger partial charge < -0.3 is 15.4 Å². The van der Waals surface area contributed by atoms with Gasteiger partial charge in [-0.15, -0.1) is 0 Å². The number of fused-ring (bicyclic) bond motifs is 5. The van der Waals surface area contributed by atoms with Crippen LogP contribution in [0.3, 0.4) is 0 Å². The number of allylic oxidation sites excluding steroid dienone is 2. The third-order valence-electron chi connectivity index (χ3n) is 16.7. The number of amides is 2. The van der Waals surface area contributed by atoms with Gasteiger partial charge in [-0.1, -0.05) is 117 Å². The lowest BCUT2D eigenvalue weighted by atomic mass is 9.44. The standard InChI is InChI=1S/C53H94N2O4/c1-6-8-10-11-12-13-14-15-16-17-18-19-20-21-22-25-40-55-51(58)59-45-35-37-52(4)43(41-45)30-31-46-48-33-32-47(53(48,5)38-36-49(46)52)42(3)29-34-50(57)54-39-26-23-24-28-44(56)27-9-7-2/h15-16,42-43,45-49H,6-14,17-41H2,1-5H3,(H,54,57)(H,55,58)/b16-15-/t42-,43?,45-,46?,47-,48?,49?,52+,53-/m1/s1. The van der Waals surface area contributed by atoms with Crippen molar-refractivity contribution in [3.05, 3.63) is 12.2 Å². The Hall–Kier alpha value is -1.85. The van der Waals surface area contributed by atoms with E-state index in [1.807, 2.05) is 0 Å². The summed E-state index contributed by atoms with van der Waals surface area (Å²) < 4.78 is 6.08. The summed E-state index contributed by atoms with van der Waals surface area (Å²) in [5, 5.41) is 6.26. The van der Waals surface area contributed by atoms with Crippen LogP contribution in [-0.2, 0) is 14.3 Å².